The van der Waals surface area contributed by atoms with Crippen molar-refractivity contribution in [1.82, 2.24) is 0 Å². The zero-order valence-corrected chi connectivity index (χ0v) is 11.8. The first-order valence-corrected chi connectivity index (χ1v) is 8.85. The van der Waals surface area contributed by atoms with E-state index in [0.717, 1.165) is 6.26 Å². The van der Waals surface area contributed by atoms with Crippen molar-refractivity contribution >= 4 is 37.1 Å². The van der Waals surface area contributed by atoms with E-state index in [1.807, 2.05) is 0 Å². The van der Waals surface area contributed by atoms with Gasteiger partial charge in [0.15, 0.2) is 0 Å². The molecule has 0 atom stereocenters. The second-order valence-electron chi connectivity index (χ2n) is 3.71. The number of nitrogens with one attached hydrogen (secondary N) is 1. The van der Waals surface area contributed by atoms with Gasteiger partial charge < -0.3 is 5.11 Å². The number of sulfonamides is 1. The number of hydrogen-bond donors (Lipinski definition) is 2. The van der Waals surface area contributed by atoms with Crippen molar-refractivity contribution in [3.63, 3.8) is 0 Å². The third-order valence-electron chi connectivity index (χ3n) is 1.94. The van der Waals surface area contributed by atoms with Crippen molar-refractivity contribution in [3.05, 3.63) is 23.2 Å². The van der Waals surface area contributed by atoms with Crippen LogP contribution in [-0.2, 0) is 19.9 Å². The van der Waals surface area contributed by atoms with Gasteiger partial charge in [-0.25, -0.2) is 16.8 Å². The molecule has 2 N–H and O–H groups in total. The monoisotopic (exact) mass is 313 g/mol. The number of benzene rings is 1. The summed E-state index contributed by atoms with van der Waals surface area (Å²) in [6.45, 7) is 0. The molecule has 0 unspecified atom stereocenters. The van der Waals surface area contributed by atoms with Crippen LogP contribution in [0.1, 0.15) is 0 Å². The van der Waals surface area contributed by atoms with Crippen LogP contribution in [0.2, 0.25) is 5.02 Å². The van der Waals surface area contributed by atoms with E-state index in [0.29, 0.717) is 0 Å². The lowest BCUT2D eigenvalue weighted by atomic mass is 10.3. The Bertz CT molecular complexity index is 639. The molecule has 0 fully saturated rings. The average molecular weight is 314 g/mol. The van der Waals surface area contributed by atoms with Gasteiger partial charge in [0.25, 0.3) is 0 Å². The van der Waals surface area contributed by atoms with Crippen LogP contribution in [0.25, 0.3) is 0 Å². The highest BCUT2D eigenvalue weighted by atomic mass is 35.5. The van der Waals surface area contributed by atoms with Gasteiger partial charge in [-0.05, 0) is 12.1 Å². The predicted octanol–water partition coefficient (Wildman–Crippen LogP) is 0.832. The number of phenolic OH excluding ortho intramolecular Hbond substituents is 1. The number of rotatable bonds is 5. The Kier molecular flexibility index (Phi) is 4.46. The Morgan fingerprint density at radius 2 is 1.83 bits per heavy atom. The van der Waals surface area contributed by atoms with Crippen molar-refractivity contribution < 1.29 is 21.9 Å². The van der Waals surface area contributed by atoms with Crippen LogP contribution in [-0.4, -0.2) is 39.7 Å². The minimum Gasteiger partial charge on any atom is -0.508 e. The molecule has 1 aromatic rings. The Morgan fingerprint density at radius 1 is 1.22 bits per heavy atom. The molecule has 0 spiro atoms. The molecule has 1 aromatic carbocycles. The summed E-state index contributed by atoms with van der Waals surface area (Å²) in [5.41, 5.74) is 0.0861. The first-order valence-electron chi connectivity index (χ1n) is 4.76. The minimum atomic E-state index is -3.80. The van der Waals surface area contributed by atoms with Crippen molar-refractivity contribution in [2.24, 2.45) is 0 Å². The fourth-order valence-corrected chi connectivity index (χ4v) is 4.05. The van der Waals surface area contributed by atoms with E-state index < -0.39 is 31.4 Å². The quantitative estimate of drug-likeness (QED) is 0.784. The summed E-state index contributed by atoms with van der Waals surface area (Å²) >= 11 is 5.72. The SMILES string of the molecule is CS(=O)(=O)CCS(=O)(=O)Nc1ccc(O)cc1Cl. The van der Waals surface area contributed by atoms with Crippen LogP contribution >= 0.6 is 11.6 Å². The second kappa shape index (κ2) is 5.33. The van der Waals surface area contributed by atoms with Gasteiger partial charge in [0.2, 0.25) is 10.0 Å². The predicted molar refractivity (Wildman–Crippen MR) is 70.2 cm³/mol. The summed E-state index contributed by atoms with van der Waals surface area (Å²) in [5.74, 6) is -1.12. The lowest BCUT2D eigenvalue weighted by Gasteiger charge is -2.09. The Hall–Kier alpha value is -0.990. The van der Waals surface area contributed by atoms with E-state index >= 15 is 0 Å². The van der Waals surface area contributed by atoms with Gasteiger partial charge in [-0.1, -0.05) is 11.6 Å². The van der Waals surface area contributed by atoms with Crippen molar-refractivity contribution in [1.29, 1.82) is 0 Å². The first kappa shape index (κ1) is 15.1. The minimum absolute atomic E-state index is 0.0259. The number of anilines is 1. The molecule has 102 valence electrons. The summed E-state index contributed by atoms with van der Waals surface area (Å²) < 4.78 is 47.1. The van der Waals surface area contributed by atoms with Crippen LogP contribution in [0, 0.1) is 0 Å². The average Bonchev–Trinajstić information content (AvgIpc) is 2.19. The standard InChI is InChI=1S/C9H12ClNO5S2/c1-17(13,14)4-5-18(15,16)11-9-3-2-7(12)6-8(9)10/h2-3,6,11-12H,4-5H2,1H3. The fraction of sp³-hybridized carbons (Fsp3) is 0.333. The molecule has 0 aliphatic heterocycles. The number of halogens is 1. The number of sulfone groups is 1. The molecule has 0 aliphatic carbocycles. The molecule has 1 rings (SSSR count). The third kappa shape index (κ3) is 5.11. The van der Waals surface area contributed by atoms with Gasteiger partial charge in [-0.3, -0.25) is 4.72 Å². The van der Waals surface area contributed by atoms with Gasteiger partial charge >= 0.3 is 0 Å². The maximum absolute atomic E-state index is 11.6. The Balaban J connectivity index is 2.83. The van der Waals surface area contributed by atoms with E-state index in [-0.39, 0.29) is 16.5 Å². The van der Waals surface area contributed by atoms with Crippen molar-refractivity contribution in [2.75, 3.05) is 22.5 Å². The summed E-state index contributed by atoms with van der Waals surface area (Å²) in [5, 5.41) is 9.13. The first-order chi connectivity index (χ1) is 8.09. The molecule has 0 saturated heterocycles. The normalized spacial score (nSPS) is 12.3. The molecule has 6 nitrogen and oxygen atoms in total. The van der Waals surface area contributed by atoms with Crippen molar-refractivity contribution in [2.45, 2.75) is 0 Å². The molecular weight excluding hydrogens is 302 g/mol. The van der Waals surface area contributed by atoms with E-state index in [2.05, 4.69) is 4.72 Å². The summed E-state index contributed by atoms with van der Waals surface area (Å²) in [6.07, 6.45) is 0.954. The van der Waals surface area contributed by atoms with E-state index in [1.165, 1.54) is 18.2 Å². The summed E-state index contributed by atoms with van der Waals surface area (Å²) in [6, 6.07) is 3.73. The maximum Gasteiger partial charge on any atom is 0.233 e. The second-order valence-corrected chi connectivity index (χ2v) is 8.22. The smallest absolute Gasteiger partial charge is 0.233 e. The molecule has 0 aliphatic rings. The van der Waals surface area contributed by atoms with Crippen molar-refractivity contribution in [3.8, 4) is 5.75 Å². The van der Waals surface area contributed by atoms with Crippen LogP contribution < -0.4 is 4.72 Å². The highest BCUT2D eigenvalue weighted by Gasteiger charge is 2.16. The summed E-state index contributed by atoms with van der Waals surface area (Å²) in [4.78, 5) is 0. The molecule has 0 saturated carbocycles. The summed E-state index contributed by atoms with van der Waals surface area (Å²) in [7, 11) is -7.16. The van der Waals surface area contributed by atoms with Gasteiger partial charge in [-0.2, -0.15) is 0 Å². The number of hydrogen-bond acceptors (Lipinski definition) is 5. The molecule has 0 aromatic heterocycles. The number of aromatic hydroxyl groups is 1. The molecule has 18 heavy (non-hydrogen) atoms. The zero-order valence-electron chi connectivity index (χ0n) is 9.42. The van der Waals surface area contributed by atoms with Gasteiger partial charge in [0, 0.05) is 12.3 Å². The Labute approximate surface area is 111 Å². The fourth-order valence-electron chi connectivity index (χ4n) is 1.07. The topological polar surface area (TPSA) is 101 Å². The van der Waals surface area contributed by atoms with Crippen LogP contribution in [0.4, 0.5) is 5.69 Å². The molecule has 9 heteroatoms. The van der Waals surface area contributed by atoms with Crippen LogP contribution in [0.15, 0.2) is 18.2 Å². The lowest BCUT2D eigenvalue weighted by molar-refractivity contribution is 0.475. The van der Waals surface area contributed by atoms with E-state index in [4.69, 9.17) is 16.7 Å². The molecular formula is C9H12ClNO5S2. The van der Waals surface area contributed by atoms with E-state index in [1.54, 1.807) is 0 Å². The highest BCUT2D eigenvalue weighted by Crippen LogP contribution is 2.26. The Morgan fingerprint density at radius 3 is 2.33 bits per heavy atom. The highest BCUT2D eigenvalue weighted by molar-refractivity contribution is 7.95. The molecule has 0 radical (unpaired) electrons. The molecule has 0 heterocycles. The van der Waals surface area contributed by atoms with Gasteiger partial charge in [0.1, 0.15) is 15.6 Å². The largest absolute Gasteiger partial charge is 0.508 e. The number of phenols is 1. The van der Waals surface area contributed by atoms with Crippen LogP contribution in [0.5, 0.6) is 5.75 Å². The van der Waals surface area contributed by atoms with Gasteiger partial charge in [-0.15, -0.1) is 0 Å². The molecule has 0 amide bonds. The zero-order chi connectivity index (χ0) is 14.0. The lowest BCUT2D eigenvalue weighted by Crippen LogP contribution is -2.22. The van der Waals surface area contributed by atoms with E-state index in [9.17, 15) is 16.8 Å². The van der Waals surface area contributed by atoms with Crippen LogP contribution in [0.3, 0.4) is 0 Å². The van der Waals surface area contributed by atoms with Gasteiger partial charge in [0.05, 0.1) is 22.2 Å². The maximum atomic E-state index is 11.6. The third-order valence-corrected chi connectivity index (χ3v) is 4.73. The molecule has 0 bridgehead atoms.